The number of anilines is 1. The van der Waals surface area contributed by atoms with Crippen LogP contribution in [0.5, 0.6) is 0 Å². The molecule has 0 aliphatic rings. The highest BCUT2D eigenvalue weighted by atomic mass is 35.5. The quantitative estimate of drug-likeness (QED) is 0.663. The van der Waals surface area contributed by atoms with Gasteiger partial charge >= 0.3 is 0 Å². The molecule has 17 heavy (non-hydrogen) atoms. The highest BCUT2D eigenvalue weighted by Gasteiger charge is 2.13. The first-order valence-electron chi connectivity index (χ1n) is 4.94. The summed E-state index contributed by atoms with van der Waals surface area (Å²) < 4.78 is 0. The SMILES string of the molecule is Nc1ccc(C(=O)c2ccccc2Cl)cc1Cl. The lowest BCUT2D eigenvalue weighted by molar-refractivity contribution is 0.103. The van der Waals surface area contributed by atoms with Gasteiger partial charge in [-0.3, -0.25) is 4.79 Å². The van der Waals surface area contributed by atoms with Crippen molar-refractivity contribution in [1.29, 1.82) is 0 Å². The standard InChI is InChI=1S/C13H9Cl2NO/c14-10-4-2-1-3-9(10)13(17)8-5-6-12(16)11(15)7-8/h1-7H,16H2. The van der Waals surface area contributed by atoms with Crippen LogP contribution in [-0.2, 0) is 0 Å². The van der Waals surface area contributed by atoms with Gasteiger partial charge in [0.05, 0.1) is 15.7 Å². The smallest absolute Gasteiger partial charge is 0.194 e. The van der Waals surface area contributed by atoms with Crippen LogP contribution in [0, 0.1) is 0 Å². The van der Waals surface area contributed by atoms with Crippen LogP contribution < -0.4 is 5.73 Å². The molecule has 0 fully saturated rings. The zero-order valence-corrected chi connectivity index (χ0v) is 10.3. The van der Waals surface area contributed by atoms with Gasteiger partial charge in [-0.25, -0.2) is 0 Å². The van der Waals surface area contributed by atoms with E-state index >= 15 is 0 Å². The lowest BCUT2D eigenvalue weighted by atomic mass is 10.0. The number of carbonyl (C=O) groups excluding carboxylic acids is 1. The van der Waals surface area contributed by atoms with E-state index in [-0.39, 0.29) is 5.78 Å². The topological polar surface area (TPSA) is 43.1 Å². The van der Waals surface area contributed by atoms with Gasteiger partial charge in [-0.15, -0.1) is 0 Å². The predicted octanol–water partition coefficient (Wildman–Crippen LogP) is 3.81. The second kappa shape index (κ2) is 4.78. The molecule has 0 amide bonds. The fourth-order valence-electron chi connectivity index (χ4n) is 1.47. The normalized spacial score (nSPS) is 10.2. The molecule has 0 spiro atoms. The number of ketones is 1. The summed E-state index contributed by atoms with van der Waals surface area (Å²) in [5, 5.41) is 0.786. The summed E-state index contributed by atoms with van der Waals surface area (Å²) in [4.78, 5) is 12.1. The van der Waals surface area contributed by atoms with Crippen LogP contribution >= 0.6 is 23.2 Å². The van der Waals surface area contributed by atoms with Gasteiger partial charge in [0.25, 0.3) is 0 Å². The Bertz CT molecular complexity index is 581. The van der Waals surface area contributed by atoms with E-state index in [9.17, 15) is 4.79 Å². The van der Waals surface area contributed by atoms with Crippen LogP contribution in [0.3, 0.4) is 0 Å². The molecule has 0 aliphatic carbocycles. The number of rotatable bonds is 2. The molecule has 0 atom stereocenters. The number of nitrogens with two attached hydrogens (primary N) is 1. The first kappa shape index (κ1) is 12.0. The summed E-state index contributed by atoms with van der Waals surface area (Å²) in [5.74, 6) is -0.169. The second-order valence-corrected chi connectivity index (χ2v) is 4.36. The van der Waals surface area contributed by atoms with Gasteiger partial charge in [0, 0.05) is 11.1 Å². The number of nitrogen functional groups attached to an aromatic ring is 1. The molecule has 2 aromatic carbocycles. The Hall–Kier alpha value is -1.51. The third-order valence-electron chi connectivity index (χ3n) is 2.38. The maximum atomic E-state index is 12.1. The minimum Gasteiger partial charge on any atom is -0.398 e. The predicted molar refractivity (Wildman–Crippen MR) is 70.7 cm³/mol. The van der Waals surface area contributed by atoms with Gasteiger partial charge in [0.2, 0.25) is 0 Å². The number of carbonyl (C=O) groups is 1. The Morgan fingerprint density at radius 3 is 2.35 bits per heavy atom. The molecule has 0 aromatic heterocycles. The van der Waals surface area contributed by atoms with E-state index in [2.05, 4.69) is 0 Å². The van der Waals surface area contributed by atoms with Gasteiger partial charge in [0.1, 0.15) is 0 Å². The molecule has 0 saturated heterocycles. The van der Waals surface area contributed by atoms with E-state index in [0.29, 0.717) is 26.9 Å². The average Bonchev–Trinajstić information content (AvgIpc) is 2.32. The number of halogens is 2. The molecule has 2 rings (SSSR count). The van der Waals surface area contributed by atoms with Crippen molar-refractivity contribution < 1.29 is 4.79 Å². The number of hydrogen-bond acceptors (Lipinski definition) is 2. The third kappa shape index (κ3) is 2.43. The Morgan fingerprint density at radius 2 is 1.71 bits per heavy atom. The molecule has 0 unspecified atom stereocenters. The Balaban J connectivity index is 2.44. The van der Waals surface area contributed by atoms with Crippen molar-refractivity contribution in [2.75, 3.05) is 5.73 Å². The van der Waals surface area contributed by atoms with Crippen molar-refractivity contribution in [1.82, 2.24) is 0 Å². The third-order valence-corrected chi connectivity index (χ3v) is 3.04. The minimum atomic E-state index is -0.169. The number of benzene rings is 2. The largest absolute Gasteiger partial charge is 0.398 e. The first-order valence-corrected chi connectivity index (χ1v) is 5.69. The monoisotopic (exact) mass is 265 g/mol. The zero-order chi connectivity index (χ0) is 12.4. The van der Waals surface area contributed by atoms with Gasteiger partial charge in [-0.05, 0) is 30.3 Å². The second-order valence-electron chi connectivity index (χ2n) is 3.55. The lowest BCUT2D eigenvalue weighted by Gasteiger charge is -2.05. The van der Waals surface area contributed by atoms with E-state index in [1.165, 1.54) is 0 Å². The van der Waals surface area contributed by atoms with Crippen LogP contribution in [0.25, 0.3) is 0 Å². The van der Waals surface area contributed by atoms with Crippen molar-refractivity contribution in [2.45, 2.75) is 0 Å². The fourth-order valence-corrected chi connectivity index (χ4v) is 1.87. The molecule has 86 valence electrons. The summed E-state index contributed by atoms with van der Waals surface area (Å²) in [6, 6.07) is 11.7. The van der Waals surface area contributed by atoms with Gasteiger partial charge in [-0.2, -0.15) is 0 Å². The van der Waals surface area contributed by atoms with Crippen molar-refractivity contribution in [3.05, 3.63) is 63.6 Å². The number of hydrogen-bond donors (Lipinski definition) is 1. The lowest BCUT2D eigenvalue weighted by Crippen LogP contribution is -2.02. The molecule has 0 aliphatic heterocycles. The zero-order valence-electron chi connectivity index (χ0n) is 8.78. The van der Waals surface area contributed by atoms with Crippen molar-refractivity contribution in [3.8, 4) is 0 Å². The van der Waals surface area contributed by atoms with Crippen molar-refractivity contribution in [2.24, 2.45) is 0 Å². The van der Waals surface area contributed by atoms with E-state index in [4.69, 9.17) is 28.9 Å². The molecule has 0 bridgehead atoms. The molecule has 2 N–H and O–H groups in total. The minimum absolute atomic E-state index is 0.169. The van der Waals surface area contributed by atoms with Crippen LogP contribution in [0.4, 0.5) is 5.69 Å². The van der Waals surface area contributed by atoms with E-state index in [1.54, 1.807) is 42.5 Å². The van der Waals surface area contributed by atoms with E-state index in [1.807, 2.05) is 0 Å². The van der Waals surface area contributed by atoms with Gasteiger partial charge in [-0.1, -0.05) is 35.3 Å². The van der Waals surface area contributed by atoms with Gasteiger partial charge < -0.3 is 5.73 Å². The molecule has 2 nitrogen and oxygen atoms in total. The molecule has 0 heterocycles. The summed E-state index contributed by atoms with van der Waals surface area (Å²) >= 11 is 11.8. The van der Waals surface area contributed by atoms with Crippen molar-refractivity contribution in [3.63, 3.8) is 0 Å². The summed E-state index contributed by atoms with van der Waals surface area (Å²) in [5.41, 5.74) is 6.96. The highest BCUT2D eigenvalue weighted by Crippen LogP contribution is 2.24. The van der Waals surface area contributed by atoms with Crippen LogP contribution in [0.1, 0.15) is 15.9 Å². The molecule has 2 aromatic rings. The molecule has 4 heteroatoms. The van der Waals surface area contributed by atoms with Crippen LogP contribution in [0.15, 0.2) is 42.5 Å². The summed E-state index contributed by atoms with van der Waals surface area (Å²) in [6.07, 6.45) is 0. The first-order chi connectivity index (χ1) is 8.09. The molecule has 0 radical (unpaired) electrons. The van der Waals surface area contributed by atoms with Gasteiger partial charge in [0.15, 0.2) is 5.78 Å². The fraction of sp³-hybridized carbons (Fsp3) is 0. The van der Waals surface area contributed by atoms with Crippen LogP contribution in [0.2, 0.25) is 10.0 Å². The van der Waals surface area contributed by atoms with E-state index < -0.39 is 0 Å². The summed E-state index contributed by atoms with van der Waals surface area (Å²) in [7, 11) is 0. The van der Waals surface area contributed by atoms with Crippen molar-refractivity contribution >= 4 is 34.7 Å². The Labute approximate surface area is 109 Å². The highest BCUT2D eigenvalue weighted by molar-refractivity contribution is 6.36. The Kier molecular flexibility index (Phi) is 3.36. The Morgan fingerprint density at radius 1 is 1.00 bits per heavy atom. The molecular formula is C13H9Cl2NO. The molecule has 0 saturated carbocycles. The summed E-state index contributed by atoms with van der Waals surface area (Å²) in [6.45, 7) is 0. The van der Waals surface area contributed by atoms with E-state index in [0.717, 1.165) is 0 Å². The maximum absolute atomic E-state index is 12.1. The average molecular weight is 266 g/mol. The maximum Gasteiger partial charge on any atom is 0.194 e. The molecular weight excluding hydrogens is 257 g/mol. The van der Waals surface area contributed by atoms with Crippen LogP contribution in [-0.4, -0.2) is 5.78 Å².